The first kappa shape index (κ1) is 20.2. The maximum atomic E-state index is 6.24. The lowest BCUT2D eigenvalue weighted by Gasteiger charge is -2.34. The van der Waals surface area contributed by atoms with Crippen LogP contribution < -0.4 is 5.73 Å². The van der Waals surface area contributed by atoms with Crippen LogP contribution in [0.2, 0.25) is 5.02 Å². The molecule has 2 heterocycles. The van der Waals surface area contributed by atoms with Gasteiger partial charge in [0.15, 0.2) is 11.6 Å². The minimum atomic E-state index is -0.401. The molecule has 1 fully saturated rings. The molecule has 1 saturated carbocycles. The number of hydrogen-bond donors (Lipinski definition) is 1. The Hall–Kier alpha value is -1.54. The number of nitrogens with zero attached hydrogens (tertiary/aromatic N) is 3. The van der Waals surface area contributed by atoms with Gasteiger partial charge in [-0.05, 0) is 50.5 Å². The zero-order valence-corrected chi connectivity index (χ0v) is 17.1. The summed E-state index contributed by atoms with van der Waals surface area (Å²) in [5, 5.41) is 4.79. The second-order valence-electron chi connectivity index (χ2n) is 6.54. The maximum absolute atomic E-state index is 6.24. The van der Waals surface area contributed by atoms with Crippen LogP contribution in [0.5, 0.6) is 0 Å². The van der Waals surface area contributed by atoms with Crippen molar-refractivity contribution in [3.05, 3.63) is 53.1 Å². The molecule has 0 aliphatic heterocycles. The molecule has 144 valence electrons. The van der Waals surface area contributed by atoms with Crippen LogP contribution in [0, 0.1) is 0 Å². The van der Waals surface area contributed by atoms with Gasteiger partial charge in [0.1, 0.15) is 0 Å². The van der Waals surface area contributed by atoms with Crippen LogP contribution in [-0.4, -0.2) is 15.1 Å². The molecule has 1 unspecified atom stereocenters. The average Bonchev–Trinajstić information content (AvgIpc) is 3.28. The topological polar surface area (TPSA) is 91.0 Å². The first-order valence-electron chi connectivity index (χ1n) is 8.49. The van der Waals surface area contributed by atoms with Crippen LogP contribution in [0.4, 0.5) is 0 Å². The van der Waals surface area contributed by atoms with Gasteiger partial charge in [-0.15, -0.1) is 24.2 Å². The van der Waals surface area contributed by atoms with E-state index in [4.69, 9.17) is 26.3 Å². The van der Waals surface area contributed by atoms with Gasteiger partial charge in [-0.25, -0.2) is 4.98 Å². The van der Waals surface area contributed by atoms with E-state index in [2.05, 4.69) is 15.1 Å². The highest BCUT2D eigenvalue weighted by Gasteiger charge is 2.39. The zero-order chi connectivity index (χ0) is 18.1. The number of rotatable bonds is 6. The molecule has 0 amide bonds. The molecule has 0 saturated heterocycles. The number of halogens is 2. The Morgan fingerprint density at radius 1 is 1.30 bits per heavy atom. The minimum absolute atomic E-state index is 0. The van der Waals surface area contributed by atoms with Gasteiger partial charge in [0.05, 0.1) is 22.7 Å². The van der Waals surface area contributed by atoms with Crippen LogP contribution in [0.25, 0.3) is 11.3 Å². The fourth-order valence-electron chi connectivity index (χ4n) is 2.78. The molecule has 0 radical (unpaired) electrons. The van der Waals surface area contributed by atoms with Crippen LogP contribution in [0.15, 0.2) is 39.4 Å². The zero-order valence-electron chi connectivity index (χ0n) is 14.7. The third-order valence-electron chi connectivity index (χ3n) is 4.62. The van der Waals surface area contributed by atoms with Gasteiger partial charge >= 0.3 is 0 Å². The Labute approximate surface area is 172 Å². The van der Waals surface area contributed by atoms with Crippen molar-refractivity contribution < 1.29 is 8.94 Å². The number of hydrogen-bond acceptors (Lipinski definition) is 7. The highest BCUT2D eigenvalue weighted by Crippen LogP contribution is 2.38. The Morgan fingerprint density at radius 2 is 2.04 bits per heavy atom. The molecule has 1 atom stereocenters. The van der Waals surface area contributed by atoms with Gasteiger partial charge in [0.25, 0.3) is 0 Å². The summed E-state index contributed by atoms with van der Waals surface area (Å²) in [5.74, 6) is 3.19. The number of benzene rings is 1. The van der Waals surface area contributed by atoms with E-state index in [1.165, 1.54) is 0 Å². The van der Waals surface area contributed by atoms with E-state index >= 15 is 0 Å². The van der Waals surface area contributed by atoms with Crippen molar-refractivity contribution in [1.82, 2.24) is 15.1 Å². The molecule has 0 spiro atoms. The summed E-state index contributed by atoms with van der Waals surface area (Å²) >= 11 is 7.54. The molecular weight excluding hydrogens is 407 g/mol. The van der Waals surface area contributed by atoms with Crippen LogP contribution >= 0.6 is 35.8 Å². The van der Waals surface area contributed by atoms with E-state index in [9.17, 15) is 0 Å². The first-order valence-corrected chi connectivity index (χ1v) is 9.91. The summed E-state index contributed by atoms with van der Waals surface area (Å²) in [7, 11) is 0. The molecule has 6 nitrogen and oxygen atoms in total. The molecule has 27 heavy (non-hydrogen) atoms. The molecular formula is C18H20Cl2N4O2S. The van der Waals surface area contributed by atoms with E-state index in [1.54, 1.807) is 18.0 Å². The van der Waals surface area contributed by atoms with Crippen molar-refractivity contribution in [2.24, 2.45) is 5.73 Å². The van der Waals surface area contributed by atoms with Gasteiger partial charge in [-0.2, -0.15) is 4.98 Å². The molecule has 9 heteroatoms. The van der Waals surface area contributed by atoms with E-state index in [0.717, 1.165) is 30.6 Å². The smallest absolute Gasteiger partial charge is 0.239 e. The predicted octanol–water partition coefficient (Wildman–Crippen LogP) is 5.13. The summed E-state index contributed by atoms with van der Waals surface area (Å²) in [6.07, 6.45) is 4.67. The Balaban J connectivity index is 0.00000210. The standard InChI is InChI=1S/C18H19ClN4O2S.ClH/c1-11(16-22-17(23-25-16)18(20)7-2-8-18)26-10-15-21-9-14(24-15)12-3-5-13(19)6-4-12;/h3-6,9,11H,2,7-8,10,20H2,1H3;1H. The Morgan fingerprint density at radius 3 is 2.70 bits per heavy atom. The van der Waals surface area contributed by atoms with Gasteiger partial charge < -0.3 is 14.7 Å². The van der Waals surface area contributed by atoms with Gasteiger partial charge in [-0.3, -0.25) is 0 Å². The SMILES string of the molecule is CC(SCc1ncc(-c2ccc(Cl)cc2)o1)c1nc(C2(N)CCC2)no1.Cl. The fraction of sp³-hybridized carbons (Fsp3) is 0.389. The summed E-state index contributed by atoms with van der Waals surface area (Å²) in [5.41, 5.74) is 6.79. The molecule has 1 aliphatic carbocycles. The number of aromatic nitrogens is 3. The molecule has 1 aliphatic rings. The number of nitrogens with two attached hydrogens (primary N) is 1. The molecule has 2 aromatic heterocycles. The molecule has 4 rings (SSSR count). The monoisotopic (exact) mass is 426 g/mol. The van der Waals surface area contributed by atoms with E-state index in [0.29, 0.717) is 28.4 Å². The summed E-state index contributed by atoms with van der Waals surface area (Å²) in [6, 6.07) is 7.47. The van der Waals surface area contributed by atoms with Crippen molar-refractivity contribution >= 4 is 35.8 Å². The van der Waals surface area contributed by atoms with Crippen molar-refractivity contribution in [3.63, 3.8) is 0 Å². The lowest BCUT2D eigenvalue weighted by atomic mass is 9.77. The second kappa shape index (κ2) is 8.22. The quantitative estimate of drug-likeness (QED) is 0.583. The van der Waals surface area contributed by atoms with E-state index in [-0.39, 0.29) is 17.7 Å². The lowest BCUT2D eigenvalue weighted by molar-refractivity contribution is 0.229. The van der Waals surface area contributed by atoms with Gasteiger partial charge in [0.2, 0.25) is 11.8 Å². The average molecular weight is 427 g/mol. The third-order valence-corrected chi connectivity index (χ3v) is 5.99. The van der Waals surface area contributed by atoms with Gasteiger partial charge in [-0.1, -0.05) is 16.8 Å². The van der Waals surface area contributed by atoms with Crippen LogP contribution in [0.3, 0.4) is 0 Å². The van der Waals surface area contributed by atoms with E-state index in [1.807, 2.05) is 31.2 Å². The number of oxazole rings is 1. The molecule has 3 aromatic rings. The minimum Gasteiger partial charge on any atom is -0.440 e. The second-order valence-corrected chi connectivity index (χ2v) is 8.31. The first-order chi connectivity index (χ1) is 12.5. The Kier molecular flexibility index (Phi) is 6.15. The summed E-state index contributed by atoms with van der Waals surface area (Å²) < 4.78 is 11.2. The molecule has 0 bridgehead atoms. The molecule has 1 aromatic carbocycles. The highest BCUT2D eigenvalue weighted by atomic mass is 35.5. The van der Waals surface area contributed by atoms with Crippen LogP contribution in [-0.2, 0) is 11.3 Å². The van der Waals surface area contributed by atoms with Crippen molar-refractivity contribution in [3.8, 4) is 11.3 Å². The number of thioether (sulfide) groups is 1. The van der Waals surface area contributed by atoms with E-state index < -0.39 is 5.54 Å². The largest absolute Gasteiger partial charge is 0.440 e. The molecule has 2 N–H and O–H groups in total. The van der Waals surface area contributed by atoms with Crippen molar-refractivity contribution in [2.75, 3.05) is 0 Å². The fourth-order valence-corrected chi connectivity index (χ4v) is 3.67. The van der Waals surface area contributed by atoms with Crippen LogP contribution in [0.1, 0.15) is 49.0 Å². The van der Waals surface area contributed by atoms with Gasteiger partial charge in [0, 0.05) is 10.6 Å². The lowest BCUT2D eigenvalue weighted by Crippen LogP contribution is -2.44. The Bertz CT molecular complexity index is 893. The summed E-state index contributed by atoms with van der Waals surface area (Å²) in [6.45, 7) is 2.02. The highest BCUT2D eigenvalue weighted by molar-refractivity contribution is 7.98. The maximum Gasteiger partial charge on any atom is 0.239 e. The third kappa shape index (κ3) is 4.32. The van der Waals surface area contributed by atoms with Crippen molar-refractivity contribution in [2.45, 2.75) is 42.7 Å². The normalized spacial score (nSPS) is 16.4. The summed E-state index contributed by atoms with van der Waals surface area (Å²) in [4.78, 5) is 8.83. The predicted molar refractivity (Wildman–Crippen MR) is 108 cm³/mol. The van der Waals surface area contributed by atoms with Crippen molar-refractivity contribution in [1.29, 1.82) is 0 Å².